The Balaban J connectivity index is 1.23. The van der Waals surface area contributed by atoms with Gasteiger partial charge in [0.15, 0.2) is 0 Å². The van der Waals surface area contributed by atoms with Gasteiger partial charge < -0.3 is 14.4 Å². The number of aromatic nitrogens is 5. The molecule has 2 saturated heterocycles. The number of pyridine rings is 1. The van der Waals surface area contributed by atoms with Crippen molar-refractivity contribution < 1.29 is 22.6 Å². The van der Waals surface area contributed by atoms with Crippen LogP contribution < -0.4 is 10.5 Å². The second-order valence-electron chi connectivity index (χ2n) is 11.2. The van der Waals surface area contributed by atoms with Gasteiger partial charge in [-0.25, -0.2) is 23.1 Å². The third-order valence-electron chi connectivity index (χ3n) is 8.46. The zero-order valence-corrected chi connectivity index (χ0v) is 23.4. The molecule has 3 aliphatic heterocycles. The molecular weight excluding hydrogens is 573 g/mol. The zero-order chi connectivity index (χ0) is 29.0. The summed E-state index contributed by atoms with van der Waals surface area (Å²) < 4.78 is 57.5. The highest BCUT2D eigenvalue weighted by atomic mass is 35.5. The smallest absolute Gasteiger partial charge is 0.261 e. The summed E-state index contributed by atoms with van der Waals surface area (Å²) in [6.07, 6.45) is 2.18. The molecule has 7 rings (SSSR count). The Labute approximate surface area is 243 Å². The molecule has 0 saturated carbocycles. The number of rotatable bonds is 6. The molecule has 1 unspecified atom stereocenters. The van der Waals surface area contributed by atoms with Crippen LogP contribution in [0.2, 0.25) is 5.02 Å². The number of nitrogens with zero attached hydrogens (tertiary/aromatic N) is 6. The van der Waals surface area contributed by atoms with Crippen LogP contribution in [0.25, 0.3) is 22.2 Å². The van der Waals surface area contributed by atoms with E-state index in [0.29, 0.717) is 61.8 Å². The van der Waals surface area contributed by atoms with E-state index < -0.39 is 23.8 Å². The first-order valence-corrected chi connectivity index (χ1v) is 14.3. The first-order chi connectivity index (χ1) is 20.3. The van der Waals surface area contributed by atoms with Crippen LogP contribution in [0.5, 0.6) is 0 Å². The summed E-state index contributed by atoms with van der Waals surface area (Å²) in [7, 11) is 0. The maximum absolute atomic E-state index is 15.2. The second-order valence-corrected chi connectivity index (χ2v) is 11.6. The summed E-state index contributed by atoms with van der Waals surface area (Å²) in [5.41, 5.74) is 0.141. The van der Waals surface area contributed by atoms with E-state index >= 15 is 4.39 Å². The normalized spacial score (nSPS) is 22.4. The van der Waals surface area contributed by atoms with Crippen molar-refractivity contribution in [3.63, 3.8) is 0 Å². The zero-order valence-electron chi connectivity index (χ0n) is 22.6. The number of fused-ring (bicyclic) bond motifs is 2. The van der Waals surface area contributed by atoms with Crippen LogP contribution in [0.3, 0.4) is 0 Å². The quantitative estimate of drug-likeness (QED) is 0.319. The van der Waals surface area contributed by atoms with Crippen molar-refractivity contribution in [2.24, 2.45) is 5.41 Å². The number of aryl methyl sites for hydroxylation is 1. The lowest BCUT2D eigenvalue weighted by Crippen LogP contribution is -2.39. The number of anilines is 1. The molecule has 220 valence electrons. The van der Waals surface area contributed by atoms with E-state index in [1.165, 1.54) is 10.7 Å². The molecule has 2 fully saturated rings. The van der Waals surface area contributed by atoms with Gasteiger partial charge in [0.05, 0.1) is 36.8 Å². The van der Waals surface area contributed by atoms with Gasteiger partial charge in [-0.05, 0) is 37.1 Å². The number of hydrogen-bond donors (Lipinski definition) is 0. The van der Waals surface area contributed by atoms with Crippen molar-refractivity contribution in [3.8, 4) is 11.3 Å². The lowest BCUT2D eigenvalue weighted by molar-refractivity contribution is -0.0252. The van der Waals surface area contributed by atoms with Gasteiger partial charge in [-0.15, -0.1) is 0 Å². The van der Waals surface area contributed by atoms with Gasteiger partial charge in [-0.3, -0.25) is 14.0 Å². The van der Waals surface area contributed by atoms with Crippen LogP contribution in [0, 0.1) is 11.2 Å². The minimum absolute atomic E-state index is 0.00417. The fraction of sp³-hybridized carbons (Fsp3) is 0.448. The van der Waals surface area contributed by atoms with E-state index in [-0.39, 0.29) is 41.4 Å². The summed E-state index contributed by atoms with van der Waals surface area (Å²) in [6, 6.07) is 6.06. The lowest BCUT2D eigenvalue weighted by Gasteiger charge is -2.33. The molecule has 0 N–H and O–H groups in total. The minimum Gasteiger partial charge on any atom is -0.381 e. The van der Waals surface area contributed by atoms with Gasteiger partial charge in [-0.2, -0.15) is 5.10 Å². The van der Waals surface area contributed by atoms with E-state index in [4.69, 9.17) is 31.0 Å². The van der Waals surface area contributed by atoms with Crippen molar-refractivity contribution in [1.82, 2.24) is 24.3 Å². The number of morpholine rings is 1. The molecule has 0 spiro atoms. The number of alkyl halides is 2. The summed E-state index contributed by atoms with van der Waals surface area (Å²) in [4.78, 5) is 25.1. The van der Waals surface area contributed by atoms with Gasteiger partial charge in [0.1, 0.15) is 34.8 Å². The van der Waals surface area contributed by atoms with Crippen molar-refractivity contribution in [2.45, 2.75) is 44.9 Å². The van der Waals surface area contributed by atoms with Gasteiger partial charge in [0.25, 0.3) is 5.56 Å². The Bertz CT molecular complexity index is 1720. The van der Waals surface area contributed by atoms with Crippen molar-refractivity contribution in [2.75, 3.05) is 37.8 Å². The van der Waals surface area contributed by atoms with Crippen LogP contribution in [0.1, 0.15) is 30.3 Å². The van der Waals surface area contributed by atoms with Crippen LogP contribution in [0.15, 0.2) is 41.5 Å². The third-order valence-corrected chi connectivity index (χ3v) is 8.70. The first kappa shape index (κ1) is 27.4. The van der Waals surface area contributed by atoms with Crippen LogP contribution in [0.4, 0.5) is 19.0 Å². The Morgan fingerprint density at radius 1 is 1.17 bits per heavy atom. The number of ether oxygens (including phenoxy) is 2. The summed E-state index contributed by atoms with van der Waals surface area (Å²) in [5, 5.41) is 4.96. The summed E-state index contributed by atoms with van der Waals surface area (Å²) in [5.74, 6) is 0.598. The summed E-state index contributed by atoms with van der Waals surface area (Å²) >= 11 is 6.02. The molecule has 9 nitrogen and oxygen atoms in total. The number of benzene rings is 1. The fourth-order valence-corrected chi connectivity index (χ4v) is 6.26. The van der Waals surface area contributed by atoms with Gasteiger partial charge in [0, 0.05) is 55.0 Å². The largest absolute Gasteiger partial charge is 0.381 e. The first-order valence-electron chi connectivity index (χ1n) is 14.0. The van der Waals surface area contributed by atoms with Crippen molar-refractivity contribution >= 4 is 28.3 Å². The fourth-order valence-electron chi connectivity index (χ4n) is 6.10. The SMILES string of the molecule is O=c1c2cc(N3CCO[C@@H](c4cnn(CC5(C(F)F)CCOC5)c4)C3)nc(-c3ccc(Cl)cc3F)c2nc2n1CCC2. The van der Waals surface area contributed by atoms with Gasteiger partial charge in [0.2, 0.25) is 6.43 Å². The molecule has 3 aromatic heterocycles. The number of hydrogen-bond acceptors (Lipinski definition) is 7. The topological polar surface area (TPSA) is 87.3 Å². The minimum atomic E-state index is -2.52. The predicted molar refractivity (Wildman–Crippen MR) is 150 cm³/mol. The molecule has 0 aliphatic carbocycles. The molecule has 0 amide bonds. The molecule has 13 heteroatoms. The molecular formula is C29H28ClF3N6O3. The van der Waals surface area contributed by atoms with Crippen LogP contribution in [-0.2, 0) is 29.0 Å². The highest BCUT2D eigenvalue weighted by Gasteiger charge is 2.44. The van der Waals surface area contributed by atoms with Crippen LogP contribution in [-0.4, -0.2) is 63.7 Å². The van der Waals surface area contributed by atoms with Gasteiger partial charge in [-0.1, -0.05) is 11.6 Å². The van der Waals surface area contributed by atoms with E-state index in [1.807, 2.05) is 4.90 Å². The third kappa shape index (κ3) is 4.75. The van der Waals surface area contributed by atoms with Crippen LogP contribution >= 0.6 is 11.6 Å². The highest BCUT2D eigenvalue weighted by molar-refractivity contribution is 6.30. The lowest BCUT2D eigenvalue weighted by atomic mass is 9.88. The molecule has 0 bridgehead atoms. The Kier molecular flexibility index (Phi) is 6.94. The predicted octanol–water partition coefficient (Wildman–Crippen LogP) is 4.64. The standard InChI is InChI=1S/C29H28ClF3N6O3/c30-18-3-4-19(21(31)10-18)25-26-20(27(40)39-6-1-2-23(39)35-26)11-24(36-25)37-7-9-42-22(14-37)17-12-34-38(13-17)15-29(28(32)33)5-8-41-16-29/h3-4,10-13,22,28H,1-2,5-9,14-16H2/t22-,29?/m1/s1. The van der Waals surface area contributed by atoms with Gasteiger partial charge >= 0.3 is 0 Å². The Morgan fingerprint density at radius 2 is 2.05 bits per heavy atom. The monoisotopic (exact) mass is 600 g/mol. The molecule has 3 aliphatic rings. The molecule has 6 heterocycles. The Morgan fingerprint density at radius 3 is 2.83 bits per heavy atom. The van der Waals surface area contributed by atoms with E-state index in [1.54, 1.807) is 35.2 Å². The molecule has 42 heavy (non-hydrogen) atoms. The molecule has 0 radical (unpaired) electrons. The van der Waals surface area contributed by atoms with E-state index in [0.717, 1.165) is 12.0 Å². The summed E-state index contributed by atoms with van der Waals surface area (Å²) in [6.45, 7) is 2.15. The molecule has 4 aromatic rings. The van der Waals surface area contributed by atoms with Crippen molar-refractivity contribution in [3.05, 3.63) is 69.2 Å². The maximum atomic E-state index is 15.2. The van der Waals surface area contributed by atoms with Crippen molar-refractivity contribution in [1.29, 1.82) is 0 Å². The highest BCUT2D eigenvalue weighted by Crippen LogP contribution is 2.38. The second kappa shape index (κ2) is 10.7. The average Bonchev–Trinajstić information content (AvgIpc) is 3.75. The average molecular weight is 601 g/mol. The molecule has 2 atom stereocenters. The van der Waals surface area contributed by atoms with E-state index in [2.05, 4.69) is 5.10 Å². The molecule has 1 aromatic carbocycles. The maximum Gasteiger partial charge on any atom is 0.261 e. The number of halogens is 4. The Hall–Kier alpha value is -3.48. The van der Waals surface area contributed by atoms with E-state index in [9.17, 15) is 13.6 Å².